The van der Waals surface area contributed by atoms with Crippen LogP contribution in [0.4, 0.5) is 0 Å². The Morgan fingerprint density at radius 1 is 1.17 bits per heavy atom. The Morgan fingerprint density at radius 3 is 2.38 bits per heavy atom. The van der Waals surface area contributed by atoms with Crippen molar-refractivity contribution >= 4 is 57.2 Å². The number of benzene rings is 1. The summed E-state index contributed by atoms with van der Waals surface area (Å²) in [6.07, 6.45) is 6.95. The molecular formula is C16H24ClNaO5S. The number of halogens is 1. The zero-order valence-corrected chi connectivity index (χ0v) is 14.8. The summed E-state index contributed by atoms with van der Waals surface area (Å²) in [5.41, 5.74) is 0. The van der Waals surface area contributed by atoms with Crippen molar-refractivity contribution in [3.8, 4) is 5.75 Å². The third-order valence-corrected chi connectivity index (χ3v) is 4.69. The van der Waals surface area contributed by atoms with E-state index in [1.807, 2.05) is 0 Å². The van der Waals surface area contributed by atoms with Crippen LogP contribution < -0.4 is 4.74 Å². The normalized spacial score (nSPS) is 12.3. The van der Waals surface area contributed by atoms with E-state index in [4.69, 9.17) is 20.9 Å². The Kier molecular flexibility index (Phi) is 12.2. The number of alkyl halides is 1. The molecule has 24 heavy (non-hydrogen) atoms. The van der Waals surface area contributed by atoms with Crippen molar-refractivity contribution in [1.82, 2.24) is 0 Å². The summed E-state index contributed by atoms with van der Waals surface area (Å²) in [4.78, 5) is 11.5. The SMILES string of the molecule is CCCCCCCCC(Cl)C(=O)Oc1ccccc1S(=O)(=O)O.[NaH]. The molecule has 0 spiro atoms. The number of hydrogen-bond donors (Lipinski definition) is 1. The number of carbonyl (C=O) groups is 1. The maximum absolute atomic E-state index is 11.9. The summed E-state index contributed by atoms with van der Waals surface area (Å²) in [6.45, 7) is 2.15. The van der Waals surface area contributed by atoms with Gasteiger partial charge in [0.15, 0.2) is 5.75 Å². The summed E-state index contributed by atoms with van der Waals surface area (Å²) in [7, 11) is -4.45. The molecule has 0 aromatic heterocycles. The molecule has 0 aliphatic carbocycles. The first kappa shape index (κ1) is 23.9. The van der Waals surface area contributed by atoms with E-state index >= 15 is 0 Å². The molecule has 5 nitrogen and oxygen atoms in total. The first-order chi connectivity index (χ1) is 10.9. The molecule has 8 heteroatoms. The van der Waals surface area contributed by atoms with Crippen LogP contribution in [0, 0.1) is 0 Å². The summed E-state index contributed by atoms with van der Waals surface area (Å²) >= 11 is 6.00. The van der Waals surface area contributed by atoms with E-state index in [9.17, 15) is 13.2 Å². The Bertz CT molecular complexity index is 606. The molecule has 1 N–H and O–H groups in total. The number of ether oxygens (including phenoxy) is 1. The Hall–Kier alpha value is -0.110. The first-order valence-electron chi connectivity index (χ1n) is 7.78. The number of para-hydroxylation sites is 1. The van der Waals surface area contributed by atoms with Crippen molar-refractivity contribution in [1.29, 1.82) is 0 Å². The van der Waals surface area contributed by atoms with Crippen LogP contribution in [0.3, 0.4) is 0 Å². The molecule has 1 unspecified atom stereocenters. The van der Waals surface area contributed by atoms with Crippen molar-refractivity contribution in [3.05, 3.63) is 24.3 Å². The molecule has 0 aliphatic rings. The van der Waals surface area contributed by atoms with E-state index in [1.54, 1.807) is 0 Å². The minimum atomic E-state index is -4.45. The third kappa shape index (κ3) is 8.83. The second-order valence-corrected chi connectivity index (χ2v) is 7.28. The third-order valence-electron chi connectivity index (χ3n) is 3.40. The Morgan fingerprint density at radius 2 is 1.75 bits per heavy atom. The van der Waals surface area contributed by atoms with E-state index < -0.39 is 26.4 Å². The van der Waals surface area contributed by atoms with Crippen LogP contribution in [-0.4, -0.2) is 53.9 Å². The fourth-order valence-corrected chi connectivity index (χ4v) is 2.95. The molecule has 1 aromatic carbocycles. The van der Waals surface area contributed by atoms with Gasteiger partial charge in [-0.3, -0.25) is 9.35 Å². The molecule has 0 heterocycles. The maximum atomic E-state index is 11.9. The molecule has 0 radical (unpaired) electrons. The van der Waals surface area contributed by atoms with Crippen LogP contribution in [0.2, 0.25) is 0 Å². The molecule has 1 rings (SSSR count). The minimum absolute atomic E-state index is 0. The standard InChI is InChI=1S/C16H23ClO5S.Na.H/c1-2-3-4-5-6-7-10-13(17)16(18)22-14-11-8-9-12-15(14)23(19,20)21;;/h8-9,11-13H,2-7,10H2,1H3,(H,19,20,21);;. The molecule has 0 bridgehead atoms. The Labute approximate surface area is 171 Å². The number of rotatable bonds is 10. The van der Waals surface area contributed by atoms with E-state index in [1.165, 1.54) is 37.5 Å². The van der Waals surface area contributed by atoms with Gasteiger partial charge in [-0.05, 0) is 18.6 Å². The van der Waals surface area contributed by atoms with Crippen LogP contribution >= 0.6 is 11.6 Å². The summed E-state index contributed by atoms with van der Waals surface area (Å²) < 4.78 is 36.6. The summed E-state index contributed by atoms with van der Waals surface area (Å²) in [6, 6.07) is 5.40. The van der Waals surface area contributed by atoms with Gasteiger partial charge in [0, 0.05) is 0 Å². The number of carbonyl (C=O) groups excluding carboxylic acids is 1. The predicted molar refractivity (Wildman–Crippen MR) is 96.7 cm³/mol. The van der Waals surface area contributed by atoms with Crippen molar-refractivity contribution < 1.29 is 22.5 Å². The van der Waals surface area contributed by atoms with Crippen LogP contribution in [0.25, 0.3) is 0 Å². The molecule has 132 valence electrons. The van der Waals surface area contributed by atoms with Gasteiger partial charge >= 0.3 is 35.5 Å². The average Bonchev–Trinajstić information content (AvgIpc) is 2.50. The Balaban J connectivity index is 0.00000529. The molecule has 0 amide bonds. The average molecular weight is 387 g/mol. The van der Waals surface area contributed by atoms with Crippen molar-refractivity contribution in [2.45, 2.75) is 62.1 Å². The molecule has 1 atom stereocenters. The van der Waals surface area contributed by atoms with Gasteiger partial charge in [-0.2, -0.15) is 8.42 Å². The van der Waals surface area contributed by atoms with Crippen molar-refractivity contribution in [2.75, 3.05) is 0 Å². The number of unbranched alkanes of at least 4 members (excludes halogenated alkanes) is 5. The molecule has 0 aliphatic heterocycles. The fourth-order valence-electron chi connectivity index (χ4n) is 2.14. The molecule has 0 saturated heterocycles. The molecule has 0 saturated carbocycles. The van der Waals surface area contributed by atoms with Crippen LogP contribution in [0.1, 0.15) is 51.9 Å². The van der Waals surface area contributed by atoms with E-state index in [2.05, 4.69) is 6.92 Å². The molecule has 0 fully saturated rings. The van der Waals surface area contributed by atoms with Gasteiger partial charge in [0.05, 0.1) is 0 Å². The van der Waals surface area contributed by atoms with E-state index in [0.29, 0.717) is 6.42 Å². The van der Waals surface area contributed by atoms with Gasteiger partial charge in [0.2, 0.25) is 0 Å². The quantitative estimate of drug-likeness (QED) is 0.166. The van der Waals surface area contributed by atoms with Crippen molar-refractivity contribution in [3.63, 3.8) is 0 Å². The molecular weight excluding hydrogens is 363 g/mol. The van der Waals surface area contributed by atoms with E-state index in [0.717, 1.165) is 25.3 Å². The van der Waals surface area contributed by atoms with Gasteiger partial charge in [0.25, 0.3) is 10.1 Å². The second-order valence-electron chi connectivity index (χ2n) is 5.37. The summed E-state index contributed by atoms with van der Waals surface area (Å²) in [5.74, 6) is -0.926. The van der Waals surface area contributed by atoms with Crippen LogP contribution in [0.15, 0.2) is 29.2 Å². The molecule has 1 aromatic rings. The number of hydrogen-bond acceptors (Lipinski definition) is 4. The van der Waals surface area contributed by atoms with Gasteiger partial charge in [-0.25, -0.2) is 0 Å². The fraction of sp³-hybridized carbons (Fsp3) is 0.562. The van der Waals surface area contributed by atoms with Crippen LogP contribution in [-0.2, 0) is 14.9 Å². The monoisotopic (exact) mass is 386 g/mol. The summed E-state index contributed by atoms with van der Waals surface area (Å²) in [5, 5.41) is -0.837. The van der Waals surface area contributed by atoms with Gasteiger partial charge in [-0.1, -0.05) is 57.6 Å². The number of esters is 1. The van der Waals surface area contributed by atoms with Gasteiger partial charge in [0.1, 0.15) is 10.3 Å². The van der Waals surface area contributed by atoms with Crippen LogP contribution in [0.5, 0.6) is 5.75 Å². The topological polar surface area (TPSA) is 80.7 Å². The predicted octanol–water partition coefficient (Wildman–Crippen LogP) is 3.55. The first-order valence-corrected chi connectivity index (χ1v) is 9.66. The zero-order valence-electron chi connectivity index (χ0n) is 13.2. The van der Waals surface area contributed by atoms with Gasteiger partial charge in [-0.15, -0.1) is 11.6 Å². The van der Waals surface area contributed by atoms with Gasteiger partial charge < -0.3 is 4.74 Å². The zero-order chi connectivity index (χ0) is 17.3. The van der Waals surface area contributed by atoms with Crippen molar-refractivity contribution in [2.24, 2.45) is 0 Å². The van der Waals surface area contributed by atoms with E-state index in [-0.39, 0.29) is 35.3 Å². The second kappa shape index (κ2) is 12.3.